The highest BCUT2D eigenvalue weighted by Gasteiger charge is 2.18. The number of hydrogen-bond donors (Lipinski definition) is 2. The minimum absolute atomic E-state index is 0.0734. The predicted molar refractivity (Wildman–Crippen MR) is 94.8 cm³/mol. The van der Waals surface area contributed by atoms with E-state index in [1.54, 1.807) is 18.4 Å². The van der Waals surface area contributed by atoms with E-state index in [-0.39, 0.29) is 12.1 Å². The Morgan fingerprint density at radius 2 is 2.13 bits per heavy atom. The molecule has 1 heterocycles. The largest absolute Gasteiger partial charge is 0.462 e. The number of hydrogen-bond acceptors (Lipinski definition) is 4. The summed E-state index contributed by atoms with van der Waals surface area (Å²) in [5.74, 6) is 0.691. The lowest BCUT2D eigenvalue weighted by molar-refractivity contribution is -0.148. The molecule has 0 spiro atoms. The van der Waals surface area contributed by atoms with Gasteiger partial charge in [0, 0.05) is 29.8 Å². The van der Waals surface area contributed by atoms with Crippen LogP contribution in [0, 0.1) is 6.92 Å². The first kappa shape index (κ1) is 17.8. The van der Waals surface area contributed by atoms with Gasteiger partial charge in [-0.1, -0.05) is 0 Å². The average molecular weight is 337 g/mol. The zero-order valence-corrected chi connectivity index (χ0v) is 14.9. The molecule has 1 aliphatic carbocycles. The van der Waals surface area contributed by atoms with Crippen molar-refractivity contribution in [3.63, 3.8) is 0 Å². The maximum atomic E-state index is 11.7. The summed E-state index contributed by atoms with van der Waals surface area (Å²) in [5.41, 5.74) is 0. The molecule has 23 heavy (non-hydrogen) atoms. The number of aliphatic imine (C=N–C) groups is 1. The van der Waals surface area contributed by atoms with Crippen LogP contribution in [-0.2, 0) is 16.1 Å². The maximum Gasteiger partial charge on any atom is 0.306 e. The van der Waals surface area contributed by atoms with Gasteiger partial charge in [0.25, 0.3) is 0 Å². The van der Waals surface area contributed by atoms with Crippen LogP contribution in [0.5, 0.6) is 0 Å². The molecule has 2 rings (SSSR count). The summed E-state index contributed by atoms with van der Waals surface area (Å²) >= 11 is 1.78. The zero-order valence-electron chi connectivity index (χ0n) is 14.1. The van der Waals surface area contributed by atoms with Crippen molar-refractivity contribution in [2.45, 2.75) is 58.1 Å². The second-order valence-corrected chi connectivity index (χ2v) is 7.24. The number of rotatable bonds is 7. The lowest BCUT2D eigenvalue weighted by Crippen LogP contribution is -2.37. The van der Waals surface area contributed by atoms with E-state index in [0.29, 0.717) is 13.0 Å². The van der Waals surface area contributed by atoms with Crippen LogP contribution in [-0.4, -0.2) is 31.6 Å². The molecule has 0 saturated heterocycles. The van der Waals surface area contributed by atoms with Gasteiger partial charge >= 0.3 is 5.97 Å². The third-order valence-electron chi connectivity index (χ3n) is 3.90. The molecule has 0 aromatic carbocycles. The Hall–Kier alpha value is -1.56. The molecule has 0 atom stereocenters. The molecule has 0 amide bonds. The molecule has 1 fully saturated rings. The third kappa shape index (κ3) is 6.60. The van der Waals surface area contributed by atoms with Gasteiger partial charge in [0.1, 0.15) is 6.10 Å². The number of carbonyl (C=O) groups excluding carboxylic acids is 1. The van der Waals surface area contributed by atoms with Crippen LogP contribution in [0.2, 0.25) is 0 Å². The SMILES string of the molecule is CN=C(NCCCC(=O)OC1CCCC1)NCc1ccc(C)s1. The Morgan fingerprint density at radius 1 is 1.35 bits per heavy atom. The van der Waals surface area contributed by atoms with E-state index in [2.05, 4.69) is 34.7 Å². The number of nitrogens with one attached hydrogen (secondary N) is 2. The van der Waals surface area contributed by atoms with Crippen molar-refractivity contribution < 1.29 is 9.53 Å². The molecule has 0 bridgehead atoms. The van der Waals surface area contributed by atoms with Crippen molar-refractivity contribution in [1.82, 2.24) is 10.6 Å². The summed E-state index contributed by atoms with van der Waals surface area (Å²) in [6.45, 7) is 3.58. The number of esters is 1. The van der Waals surface area contributed by atoms with Crippen LogP contribution < -0.4 is 10.6 Å². The summed E-state index contributed by atoms with van der Waals surface area (Å²) < 4.78 is 5.44. The van der Waals surface area contributed by atoms with Gasteiger partial charge in [-0.3, -0.25) is 9.79 Å². The Morgan fingerprint density at radius 3 is 2.78 bits per heavy atom. The average Bonchev–Trinajstić information content (AvgIpc) is 3.18. The summed E-state index contributed by atoms with van der Waals surface area (Å²) in [6.07, 6.45) is 5.82. The maximum absolute atomic E-state index is 11.7. The Bertz CT molecular complexity index is 522. The molecule has 0 unspecified atom stereocenters. The van der Waals surface area contributed by atoms with E-state index in [9.17, 15) is 4.79 Å². The van der Waals surface area contributed by atoms with E-state index in [1.807, 2.05) is 0 Å². The van der Waals surface area contributed by atoms with Gasteiger partial charge in [-0.05, 0) is 51.2 Å². The molecule has 0 radical (unpaired) electrons. The standard InChI is InChI=1S/C17H27N3O2S/c1-13-9-10-15(23-13)12-20-17(18-2)19-11-5-8-16(21)22-14-6-3-4-7-14/h9-10,14H,3-8,11-12H2,1-2H3,(H2,18,19,20). The predicted octanol–water partition coefficient (Wildman–Crippen LogP) is 2.99. The summed E-state index contributed by atoms with van der Waals surface area (Å²) in [4.78, 5) is 18.5. The third-order valence-corrected chi connectivity index (χ3v) is 4.90. The summed E-state index contributed by atoms with van der Waals surface area (Å²) in [5, 5.41) is 6.51. The highest BCUT2D eigenvalue weighted by atomic mass is 32.1. The van der Waals surface area contributed by atoms with Crippen LogP contribution >= 0.6 is 11.3 Å². The van der Waals surface area contributed by atoms with E-state index in [1.165, 1.54) is 22.6 Å². The van der Waals surface area contributed by atoms with Gasteiger partial charge < -0.3 is 15.4 Å². The summed E-state index contributed by atoms with van der Waals surface area (Å²) in [7, 11) is 1.75. The Balaban J connectivity index is 1.57. The van der Waals surface area contributed by atoms with Gasteiger partial charge in [0.2, 0.25) is 0 Å². The monoisotopic (exact) mass is 337 g/mol. The lowest BCUT2D eigenvalue weighted by atomic mass is 10.3. The van der Waals surface area contributed by atoms with Crippen molar-refractivity contribution in [2.24, 2.45) is 4.99 Å². The van der Waals surface area contributed by atoms with Gasteiger partial charge in [0.15, 0.2) is 5.96 Å². The fourth-order valence-electron chi connectivity index (χ4n) is 2.66. The number of nitrogens with zero attached hydrogens (tertiary/aromatic N) is 1. The molecule has 5 nitrogen and oxygen atoms in total. The van der Waals surface area contributed by atoms with Gasteiger partial charge in [-0.2, -0.15) is 0 Å². The molecule has 1 saturated carbocycles. The number of aryl methyl sites for hydroxylation is 1. The number of guanidine groups is 1. The Kier molecular flexibility index (Phi) is 7.39. The minimum atomic E-state index is -0.0734. The first-order chi connectivity index (χ1) is 11.2. The second-order valence-electron chi connectivity index (χ2n) is 5.86. The topological polar surface area (TPSA) is 62.7 Å². The van der Waals surface area contributed by atoms with E-state index in [0.717, 1.165) is 31.8 Å². The van der Waals surface area contributed by atoms with Crippen LogP contribution in [0.1, 0.15) is 48.3 Å². The first-order valence-corrected chi connectivity index (χ1v) is 9.18. The molecular weight excluding hydrogens is 310 g/mol. The smallest absolute Gasteiger partial charge is 0.306 e. The van der Waals surface area contributed by atoms with Crippen molar-refractivity contribution in [3.8, 4) is 0 Å². The molecular formula is C17H27N3O2S. The van der Waals surface area contributed by atoms with Crippen molar-refractivity contribution in [3.05, 3.63) is 21.9 Å². The molecule has 1 aliphatic rings. The van der Waals surface area contributed by atoms with Crippen LogP contribution in [0.3, 0.4) is 0 Å². The fourth-order valence-corrected chi connectivity index (χ4v) is 3.49. The molecule has 6 heteroatoms. The number of carbonyl (C=O) groups is 1. The molecule has 0 aliphatic heterocycles. The van der Waals surface area contributed by atoms with Gasteiger partial charge in [0.05, 0.1) is 6.54 Å². The quantitative estimate of drug-likeness (QED) is 0.347. The van der Waals surface area contributed by atoms with Crippen molar-refractivity contribution in [1.29, 1.82) is 0 Å². The van der Waals surface area contributed by atoms with Crippen LogP contribution in [0.4, 0.5) is 0 Å². The normalized spacial score (nSPS) is 15.7. The molecule has 128 valence electrons. The van der Waals surface area contributed by atoms with Crippen LogP contribution in [0.15, 0.2) is 17.1 Å². The van der Waals surface area contributed by atoms with Gasteiger partial charge in [-0.15, -0.1) is 11.3 Å². The summed E-state index contributed by atoms with van der Waals surface area (Å²) in [6, 6.07) is 4.24. The fraction of sp³-hybridized carbons (Fsp3) is 0.647. The lowest BCUT2D eigenvalue weighted by Gasteiger charge is -2.12. The number of ether oxygens (including phenoxy) is 1. The molecule has 1 aromatic heterocycles. The Labute approximate surface area is 142 Å². The van der Waals surface area contributed by atoms with Crippen molar-refractivity contribution in [2.75, 3.05) is 13.6 Å². The van der Waals surface area contributed by atoms with Crippen LogP contribution in [0.25, 0.3) is 0 Å². The highest BCUT2D eigenvalue weighted by Crippen LogP contribution is 2.21. The first-order valence-electron chi connectivity index (χ1n) is 8.36. The minimum Gasteiger partial charge on any atom is -0.462 e. The van der Waals surface area contributed by atoms with E-state index < -0.39 is 0 Å². The zero-order chi connectivity index (χ0) is 16.5. The van der Waals surface area contributed by atoms with E-state index in [4.69, 9.17) is 4.74 Å². The second kappa shape index (κ2) is 9.55. The number of thiophene rings is 1. The molecule has 2 N–H and O–H groups in total. The van der Waals surface area contributed by atoms with E-state index >= 15 is 0 Å². The van der Waals surface area contributed by atoms with Crippen molar-refractivity contribution >= 4 is 23.3 Å². The highest BCUT2D eigenvalue weighted by molar-refractivity contribution is 7.11. The van der Waals surface area contributed by atoms with Gasteiger partial charge in [-0.25, -0.2) is 0 Å². The molecule has 1 aromatic rings.